The molecule has 27 heavy (non-hydrogen) atoms. The van der Waals surface area contributed by atoms with Crippen molar-refractivity contribution in [2.24, 2.45) is 5.92 Å². The number of nitrogens with zero attached hydrogens (tertiary/aromatic N) is 1. The quantitative estimate of drug-likeness (QED) is 0.373. The van der Waals surface area contributed by atoms with Gasteiger partial charge in [0.15, 0.2) is 6.61 Å². The number of anilines is 1. The van der Waals surface area contributed by atoms with Crippen LogP contribution in [-0.2, 0) is 19.1 Å². The monoisotopic (exact) mass is 381 g/mol. The zero-order chi connectivity index (χ0) is 20.6. The number of amides is 1. The number of nitro benzene ring substituents is 1. The van der Waals surface area contributed by atoms with Crippen molar-refractivity contribution in [2.45, 2.75) is 26.3 Å². The Morgan fingerprint density at radius 1 is 1.26 bits per heavy atom. The molecule has 0 aliphatic carbocycles. The number of carbonyl (C=O) groups is 3. The highest BCUT2D eigenvalue weighted by molar-refractivity contribution is 5.93. The third-order valence-electron chi connectivity index (χ3n) is 3.56. The van der Waals surface area contributed by atoms with Gasteiger partial charge in [0.25, 0.3) is 11.6 Å². The Kier molecular flexibility index (Phi) is 8.18. The van der Waals surface area contributed by atoms with Crippen molar-refractivity contribution in [3.8, 4) is 0 Å². The lowest BCUT2D eigenvalue weighted by molar-refractivity contribution is -0.384. The molecule has 0 aliphatic rings. The van der Waals surface area contributed by atoms with Crippen LogP contribution >= 0.6 is 0 Å². The Labute approximate surface area is 156 Å². The predicted molar refractivity (Wildman–Crippen MR) is 96.3 cm³/mol. The van der Waals surface area contributed by atoms with Gasteiger partial charge in [0.1, 0.15) is 11.7 Å². The molecule has 1 amide bonds. The van der Waals surface area contributed by atoms with Crippen LogP contribution in [0.5, 0.6) is 0 Å². The summed E-state index contributed by atoms with van der Waals surface area (Å²) in [6.45, 7) is 3.12. The number of ether oxygens (including phenoxy) is 2. The van der Waals surface area contributed by atoms with E-state index in [-0.39, 0.29) is 22.9 Å². The minimum Gasteiger partial charge on any atom is -0.467 e. The van der Waals surface area contributed by atoms with E-state index in [2.05, 4.69) is 15.4 Å². The molecule has 10 heteroatoms. The first-order chi connectivity index (χ1) is 12.7. The van der Waals surface area contributed by atoms with E-state index in [0.717, 1.165) is 6.07 Å². The molecule has 0 aromatic heterocycles. The van der Waals surface area contributed by atoms with Crippen LogP contribution < -0.4 is 10.6 Å². The number of rotatable bonds is 9. The van der Waals surface area contributed by atoms with Crippen LogP contribution in [0, 0.1) is 16.0 Å². The van der Waals surface area contributed by atoms with Crippen LogP contribution in [0.15, 0.2) is 18.2 Å². The van der Waals surface area contributed by atoms with Crippen LogP contribution in [0.4, 0.5) is 11.4 Å². The summed E-state index contributed by atoms with van der Waals surface area (Å²) in [4.78, 5) is 46.1. The van der Waals surface area contributed by atoms with E-state index in [1.165, 1.54) is 26.3 Å². The highest BCUT2D eigenvalue weighted by Crippen LogP contribution is 2.25. The third kappa shape index (κ3) is 6.57. The minimum absolute atomic E-state index is 0.0693. The Bertz CT molecular complexity index is 718. The summed E-state index contributed by atoms with van der Waals surface area (Å²) in [7, 11) is 2.73. The number of benzene rings is 1. The van der Waals surface area contributed by atoms with Crippen molar-refractivity contribution in [1.82, 2.24) is 5.32 Å². The molecular weight excluding hydrogens is 358 g/mol. The van der Waals surface area contributed by atoms with Gasteiger partial charge < -0.3 is 20.1 Å². The fourth-order valence-electron chi connectivity index (χ4n) is 2.30. The first-order valence-corrected chi connectivity index (χ1v) is 8.20. The summed E-state index contributed by atoms with van der Waals surface area (Å²) in [5.41, 5.74) is -0.122. The molecule has 10 nitrogen and oxygen atoms in total. The summed E-state index contributed by atoms with van der Waals surface area (Å²) in [5, 5.41) is 16.1. The smallest absolute Gasteiger partial charge is 0.338 e. The summed E-state index contributed by atoms with van der Waals surface area (Å²) in [5.74, 6) is -2.04. The molecule has 0 aliphatic heterocycles. The van der Waals surface area contributed by atoms with Crippen molar-refractivity contribution in [2.75, 3.05) is 26.1 Å². The molecule has 1 aromatic rings. The molecule has 0 spiro atoms. The molecule has 1 atom stereocenters. The second-order valence-corrected chi connectivity index (χ2v) is 6.09. The Morgan fingerprint density at radius 3 is 2.44 bits per heavy atom. The number of esters is 2. The highest BCUT2D eigenvalue weighted by Gasteiger charge is 2.23. The van der Waals surface area contributed by atoms with Gasteiger partial charge in [-0.3, -0.25) is 14.9 Å². The molecule has 1 rings (SSSR count). The minimum atomic E-state index is -0.894. The van der Waals surface area contributed by atoms with Crippen molar-refractivity contribution >= 4 is 29.2 Å². The fourth-order valence-corrected chi connectivity index (χ4v) is 2.30. The van der Waals surface area contributed by atoms with Gasteiger partial charge in [-0.1, -0.05) is 13.8 Å². The Morgan fingerprint density at radius 2 is 1.93 bits per heavy atom. The molecule has 148 valence electrons. The normalized spacial score (nSPS) is 11.4. The zero-order valence-electron chi connectivity index (χ0n) is 15.6. The Balaban J connectivity index is 2.73. The molecule has 0 heterocycles. The van der Waals surface area contributed by atoms with Gasteiger partial charge in [0.2, 0.25) is 0 Å². The molecule has 0 saturated heterocycles. The number of carbonyl (C=O) groups excluding carboxylic acids is 3. The maximum Gasteiger partial charge on any atom is 0.338 e. The van der Waals surface area contributed by atoms with Crippen LogP contribution in [0.25, 0.3) is 0 Å². The van der Waals surface area contributed by atoms with E-state index in [9.17, 15) is 24.5 Å². The number of nitro groups is 1. The van der Waals surface area contributed by atoms with E-state index >= 15 is 0 Å². The van der Waals surface area contributed by atoms with E-state index < -0.39 is 35.4 Å². The molecular formula is C17H23N3O7. The molecule has 0 unspecified atom stereocenters. The van der Waals surface area contributed by atoms with Gasteiger partial charge in [-0.15, -0.1) is 0 Å². The average molecular weight is 381 g/mol. The van der Waals surface area contributed by atoms with Gasteiger partial charge >= 0.3 is 11.9 Å². The molecule has 0 fully saturated rings. The topological polar surface area (TPSA) is 137 Å². The molecule has 1 aromatic carbocycles. The maximum absolute atomic E-state index is 12.0. The van der Waals surface area contributed by atoms with Gasteiger partial charge in [0.05, 0.1) is 17.6 Å². The van der Waals surface area contributed by atoms with E-state index in [0.29, 0.717) is 6.42 Å². The maximum atomic E-state index is 12.0. The number of hydrogen-bond acceptors (Lipinski definition) is 8. The first-order valence-electron chi connectivity index (χ1n) is 8.20. The molecule has 2 N–H and O–H groups in total. The number of nitrogens with one attached hydrogen (secondary N) is 2. The van der Waals surface area contributed by atoms with Crippen molar-refractivity contribution in [3.05, 3.63) is 33.9 Å². The second-order valence-electron chi connectivity index (χ2n) is 6.09. The van der Waals surface area contributed by atoms with Crippen molar-refractivity contribution in [1.29, 1.82) is 0 Å². The lowest BCUT2D eigenvalue weighted by Crippen LogP contribution is -2.44. The van der Waals surface area contributed by atoms with Gasteiger partial charge in [-0.25, -0.2) is 9.59 Å². The van der Waals surface area contributed by atoms with Crippen LogP contribution in [0.2, 0.25) is 0 Å². The highest BCUT2D eigenvalue weighted by atomic mass is 16.6. The average Bonchev–Trinajstić information content (AvgIpc) is 2.63. The van der Waals surface area contributed by atoms with Crippen molar-refractivity contribution < 1.29 is 28.8 Å². The summed E-state index contributed by atoms with van der Waals surface area (Å²) >= 11 is 0. The lowest BCUT2D eigenvalue weighted by atomic mass is 10.0. The van der Waals surface area contributed by atoms with Crippen LogP contribution in [0.1, 0.15) is 30.6 Å². The summed E-state index contributed by atoms with van der Waals surface area (Å²) < 4.78 is 9.51. The van der Waals surface area contributed by atoms with Crippen LogP contribution in [-0.4, -0.2) is 49.6 Å². The molecule has 0 radical (unpaired) electrons. The third-order valence-corrected chi connectivity index (χ3v) is 3.56. The van der Waals surface area contributed by atoms with E-state index in [4.69, 9.17) is 4.74 Å². The number of methoxy groups -OCH3 is 1. The standard InChI is InChI=1S/C17H23N3O7/c1-10(2)7-13(17(23)26-4)19-15(21)9-27-16(22)11-5-6-12(18-3)14(8-11)20(24)25/h5-6,8,10,13,18H,7,9H2,1-4H3,(H,19,21)/t13-/m0/s1. The fraction of sp³-hybridized carbons (Fsp3) is 0.471. The Hall–Kier alpha value is -3.17. The van der Waals surface area contributed by atoms with Gasteiger partial charge in [-0.2, -0.15) is 0 Å². The summed E-state index contributed by atoms with van der Waals surface area (Å²) in [6, 6.07) is 2.92. The SMILES string of the molecule is CNc1ccc(C(=O)OCC(=O)N[C@@H](CC(C)C)C(=O)OC)cc1[N+](=O)[O-]. The summed E-state index contributed by atoms with van der Waals surface area (Å²) in [6.07, 6.45) is 0.365. The largest absolute Gasteiger partial charge is 0.467 e. The van der Waals surface area contributed by atoms with E-state index in [1.807, 2.05) is 13.8 Å². The lowest BCUT2D eigenvalue weighted by Gasteiger charge is -2.18. The molecule has 0 saturated carbocycles. The van der Waals surface area contributed by atoms with Gasteiger partial charge in [-0.05, 0) is 24.5 Å². The van der Waals surface area contributed by atoms with E-state index in [1.54, 1.807) is 0 Å². The van der Waals surface area contributed by atoms with Crippen molar-refractivity contribution in [3.63, 3.8) is 0 Å². The van der Waals surface area contributed by atoms with Crippen LogP contribution in [0.3, 0.4) is 0 Å². The second kappa shape index (κ2) is 10.1. The predicted octanol–water partition coefficient (Wildman–Crippen LogP) is 1.50. The molecule has 0 bridgehead atoms. The number of hydrogen-bond donors (Lipinski definition) is 2. The first kappa shape index (κ1) is 21.9. The zero-order valence-corrected chi connectivity index (χ0v) is 15.6. The van der Waals surface area contributed by atoms with Gasteiger partial charge in [0, 0.05) is 13.1 Å².